The van der Waals surface area contributed by atoms with Crippen molar-refractivity contribution >= 4 is 22.6 Å². The lowest BCUT2D eigenvalue weighted by molar-refractivity contribution is -0.333. The van der Waals surface area contributed by atoms with Gasteiger partial charge in [-0.2, -0.15) is 22.7 Å². The molecule has 0 aliphatic carbocycles. The van der Waals surface area contributed by atoms with Gasteiger partial charge in [0.1, 0.15) is 0 Å². The zero-order chi connectivity index (χ0) is 19.8. The van der Waals surface area contributed by atoms with E-state index in [1.165, 1.54) is 10.7 Å². The highest BCUT2D eigenvalue weighted by molar-refractivity contribution is 5.92. The molecular formula is C16H19F4N5O2. The zero-order valence-corrected chi connectivity index (χ0v) is 14.7. The molecule has 1 aliphatic heterocycles. The Morgan fingerprint density at radius 3 is 2.63 bits per heavy atom. The molecule has 1 aromatic heterocycles. The number of benzene rings is 1. The van der Waals surface area contributed by atoms with Gasteiger partial charge < -0.3 is 20.7 Å². The monoisotopic (exact) mass is 389 g/mol. The number of hydrogen-bond donors (Lipinski definition) is 3. The second-order valence-electron chi connectivity index (χ2n) is 6.28. The quantitative estimate of drug-likeness (QED) is 0.651. The Balaban J connectivity index is 1.86. The summed E-state index contributed by atoms with van der Waals surface area (Å²) < 4.78 is 59.4. The molecule has 7 nitrogen and oxygen atoms in total. The van der Waals surface area contributed by atoms with E-state index in [1.807, 2.05) is 0 Å². The van der Waals surface area contributed by atoms with Crippen LogP contribution in [-0.4, -0.2) is 54.6 Å². The maximum atomic E-state index is 14.5. The van der Waals surface area contributed by atoms with E-state index in [0.29, 0.717) is 25.7 Å². The fourth-order valence-electron chi connectivity index (χ4n) is 2.83. The summed E-state index contributed by atoms with van der Waals surface area (Å²) in [4.78, 5) is 11.9. The Kier molecular flexibility index (Phi) is 5.00. The van der Waals surface area contributed by atoms with Crippen molar-refractivity contribution in [2.75, 3.05) is 32.1 Å². The highest BCUT2D eigenvalue weighted by atomic mass is 19.4. The molecule has 0 bridgehead atoms. The van der Waals surface area contributed by atoms with Crippen molar-refractivity contribution in [3.8, 4) is 0 Å². The van der Waals surface area contributed by atoms with Crippen LogP contribution in [0.1, 0.15) is 5.56 Å². The number of anilines is 1. The second-order valence-corrected chi connectivity index (χ2v) is 6.28. The molecule has 1 aromatic carbocycles. The van der Waals surface area contributed by atoms with Gasteiger partial charge >= 0.3 is 12.0 Å². The smallest absolute Gasteiger partial charge is 0.359 e. The van der Waals surface area contributed by atoms with Crippen LogP contribution >= 0.6 is 0 Å². The Bertz CT molecular complexity index is 849. The summed E-state index contributed by atoms with van der Waals surface area (Å²) in [5.74, 6) is -4.04. The van der Waals surface area contributed by atoms with Gasteiger partial charge in [0.15, 0.2) is 5.82 Å². The lowest BCUT2D eigenvalue weighted by Gasteiger charge is -2.27. The van der Waals surface area contributed by atoms with Crippen molar-refractivity contribution in [3.05, 3.63) is 23.8 Å². The molecular weight excluding hydrogens is 370 g/mol. The molecule has 148 valence electrons. The molecule has 0 spiro atoms. The van der Waals surface area contributed by atoms with Crippen LogP contribution < -0.4 is 16.0 Å². The number of carbonyl (C=O) groups excluding carboxylic acids is 1. The normalized spacial score (nSPS) is 17.4. The number of alkyl halides is 4. The maximum absolute atomic E-state index is 14.5. The highest BCUT2D eigenvalue weighted by Gasteiger charge is 2.58. The van der Waals surface area contributed by atoms with E-state index in [0.717, 1.165) is 12.1 Å². The van der Waals surface area contributed by atoms with Crippen LogP contribution in [0, 0.1) is 0 Å². The van der Waals surface area contributed by atoms with Crippen LogP contribution in [0.3, 0.4) is 0 Å². The minimum Gasteiger partial charge on any atom is -0.359 e. The fraction of sp³-hybridized carbons (Fsp3) is 0.500. The van der Waals surface area contributed by atoms with Gasteiger partial charge in [-0.15, -0.1) is 0 Å². The Hall–Kier alpha value is -2.40. The van der Waals surface area contributed by atoms with E-state index in [2.05, 4.69) is 25.8 Å². The minimum atomic E-state index is -5.25. The van der Waals surface area contributed by atoms with Gasteiger partial charge in [-0.25, -0.2) is 0 Å². The van der Waals surface area contributed by atoms with Crippen molar-refractivity contribution in [3.63, 3.8) is 0 Å². The SMILES string of the molecule is COC(F)(c1ccc2c(c1)c(NCC(=O)NC1CNC1)nn2C)C(F)(F)F. The minimum absolute atomic E-state index is 0.0621. The largest absolute Gasteiger partial charge is 0.453 e. The molecule has 3 N–H and O–H groups in total. The van der Waals surface area contributed by atoms with E-state index >= 15 is 0 Å². The first-order valence-electron chi connectivity index (χ1n) is 8.17. The second kappa shape index (κ2) is 6.97. The fourth-order valence-corrected chi connectivity index (χ4v) is 2.83. The van der Waals surface area contributed by atoms with Gasteiger partial charge in [-0.3, -0.25) is 9.48 Å². The molecule has 27 heavy (non-hydrogen) atoms. The van der Waals surface area contributed by atoms with Crippen molar-refractivity contribution in [1.82, 2.24) is 20.4 Å². The number of aromatic nitrogens is 2. The van der Waals surface area contributed by atoms with E-state index in [4.69, 9.17) is 0 Å². The average molecular weight is 389 g/mol. The standard InChI is InChI=1S/C16H19F4N5O2/c1-25-12-4-3-9(15(17,27-2)16(18,19)20)5-11(12)14(24-25)22-8-13(26)23-10-6-21-7-10/h3-5,10,21H,6-8H2,1-2H3,(H,22,24)(H,23,26). The third-order valence-corrected chi connectivity index (χ3v) is 4.43. The van der Waals surface area contributed by atoms with Crippen molar-refractivity contribution < 1.29 is 27.1 Å². The molecule has 0 saturated carbocycles. The number of fused-ring (bicyclic) bond motifs is 1. The summed E-state index contributed by atoms with van der Waals surface area (Å²) >= 11 is 0. The summed E-state index contributed by atoms with van der Waals surface area (Å²) in [6.45, 7) is 1.26. The van der Waals surface area contributed by atoms with Gasteiger partial charge in [0, 0.05) is 38.2 Å². The van der Waals surface area contributed by atoms with E-state index in [1.54, 1.807) is 7.05 Å². The zero-order valence-electron chi connectivity index (χ0n) is 14.7. The van der Waals surface area contributed by atoms with Crippen LogP contribution in [0.15, 0.2) is 18.2 Å². The summed E-state index contributed by atoms with van der Waals surface area (Å²) in [5, 5.41) is 13.0. The Morgan fingerprint density at radius 2 is 2.07 bits per heavy atom. The number of amides is 1. The average Bonchev–Trinajstić information content (AvgIpc) is 2.90. The first-order valence-corrected chi connectivity index (χ1v) is 8.17. The molecule has 11 heteroatoms. The summed E-state index contributed by atoms with van der Waals surface area (Å²) in [5.41, 5.74) is -0.225. The van der Waals surface area contributed by atoms with Crippen LogP contribution in [-0.2, 0) is 22.4 Å². The summed E-state index contributed by atoms with van der Waals surface area (Å²) in [7, 11) is 2.25. The first kappa shape index (κ1) is 19.4. The van der Waals surface area contributed by atoms with Gasteiger partial charge in [-0.1, -0.05) is 6.07 Å². The molecule has 1 unspecified atom stereocenters. The van der Waals surface area contributed by atoms with Gasteiger partial charge in [-0.05, 0) is 12.1 Å². The van der Waals surface area contributed by atoms with Crippen LogP contribution in [0.4, 0.5) is 23.4 Å². The lowest BCUT2D eigenvalue weighted by atomic mass is 10.0. The number of nitrogens with one attached hydrogen (secondary N) is 3. The number of aryl methyl sites for hydroxylation is 1. The molecule has 3 rings (SSSR count). The van der Waals surface area contributed by atoms with Gasteiger partial charge in [0.25, 0.3) is 0 Å². The summed E-state index contributed by atoms with van der Waals surface area (Å²) in [6, 6.07) is 3.41. The van der Waals surface area contributed by atoms with E-state index in [9.17, 15) is 22.4 Å². The number of carbonyl (C=O) groups is 1. The first-order chi connectivity index (χ1) is 12.7. The number of rotatable bonds is 6. The number of methoxy groups -OCH3 is 1. The van der Waals surface area contributed by atoms with Crippen molar-refractivity contribution in [2.45, 2.75) is 18.1 Å². The highest BCUT2D eigenvalue weighted by Crippen LogP contribution is 2.44. The van der Waals surface area contributed by atoms with Crippen molar-refractivity contribution in [1.29, 1.82) is 0 Å². The third kappa shape index (κ3) is 3.56. The van der Waals surface area contributed by atoms with Crippen LogP contribution in [0.5, 0.6) is 0 Å². The van der Waals surface area contributed by atoms with Crippen molar-refractivity contribution in [2.24, 2.45) is 7.05 Å². The van der Waals surface area contributed by atoms with E-state index < -0.39 is 17.6 Å². The Morgan fingerprint density at radius 1 is 1.37 bits per heavy atom. The number of ether oxygens (including phenoxy) is 1. The predicted molar refractivity (Wildman–Crippen MR) is 89.9 cm³/mol. The number of halogens is 4. The van der Waals surface area contributed by atoms with Crippen LogP contribution in [0.2, 0.25) is 0 Å². The molecule has 1 amide bonds. The predicted octanol–water partition coefficient (Wildman–Crippen LogP) is 1.40. The Labute approximate surface area is 152 Å². The molecule has 2 heterocycles. The lowest BCUT2D eigenvalue weighted by Crippen LogP contribution is -2.57. The van der Waals surface area contributed by atoms with Gasteiger partial charge in [0.05, 0.1) is 18.1 Å². The van der Waals surface area contributed by atoms with E-state index in [-0.39, 0.29) is 29.7 Å². The number of nitrogens with zero attached hydrogens (tertiary/aromatic N) is 2. The van der Waals surface area contributed by atoms with Crippen LogP contribution in [0.25, 0.3) is 10.9 Å². The summed E-state index contributed by atoms with van der Waals surface area (Å²) in [6.07, 6.45) is -5.25. The van der Waals surface area contributed by atoms with Gasteiger partial charge in [0.2, 0.25) is 5.91 Å². The maximum Gasteiger partial charge on any atom is 0.453 e. The topological polar surface area (TPSA) is 80.2 Å². The number of hydrogen-bond acceptors (Lipinski definition) is 5. The molecule has 1 aliphatic rings. The molecule has 0 radical (unpaired) electrons. The molecule has 1 saturated heterocycles. The third-order valence-electron chi connectivity index (χ3n) is 4.43. The molecule has 1 fully saturated rings. The molecule has 1 atom stereocenters. The molecule has 2 aromatic rings.